The third-order valence-corrected chi connectivity index (χ3v) is 6.19. The second-order valence-electron chi connectivity index (χ2n) is 8.35. The Balaban J connectivity index is 1.53. The van der Waals surface area contributed by atoms with Gasteiger partial charge in [0.25, 0.3) is 0 Å². The van der Waals surface area contributed by atoms with Gasteiger partial charge in [0.1, 0.15) is 34.7 Å². The molecule has 0 spiro atoms. The second-order valence-corrected chi connectivity index (χ2v) is 8.35. The van der Waals surface area contributed by atoms with Gasteiger partial charge in [-0.05, 0) is 50.2 Å². The van der Waals surface area contributed by atoms with Crippen molar-refractivity contribution in [3.63, 3.8) is 0 Å². The van der Waals surface area contributed by atoms with E-state index in [2.05, 4.69) is 15.0 Å². The first kappa shape index (κ1) is 21.7. The van der Waals surface area contributed by atoms with Gasteiger partial charge in [-0.25, -0.2) is 27.9 Å². The van der Waals surface area contributed by atoms with Crippen LogP contribution in [0.1, 0.15) is 23.1 Å². The summed E-state index contributed by atoms with van der Waals surface area (Å²) >= 11 is 0. The maximum absolute atomic E-state index is 15.4. The molecule has 0 radical (unpaired) electrons. The summed E-state index contributed by atoms with van der Waals surface area (Å²) in [6.07, 6.45) is 0. The average Bonchev–Trinajstić information content (AvgIpc) is 3.26. The highest BCUT2D eigenvalue weighted by molar-refractivity contribution is 6.02. The Morgan fingerprint density at radius 1 is 1.06 bits per heavy atom. The smallest absolute Gasteiger partial charge is 0.324 e. The van der Waals surface area contributed by atoms with Gasteiger partial charge in [0.05, 0.1) is 18.0 Å². The average molecular weight is 466 g/mol. The first-order chi connectivity index (χ1) is 16.2. The summed E-state index contributed by atoms with van der Waals surface area (Å²) in [6, 6.07) is 6.37. The van der Waals surface area contributed by atoms with Crippen molar-refractivity contribution in [1.82, 2.24) is 19.9 Å². The molecular formula is C24H21F3N6O. The molecule has 2 amide bonds. The summed E-state index contributed by atoms with van der Waals surface area (Å²) in [6.45, 7) is 3.55. The number of benzene rings is 2. The van der Waals surface area contributed by atoms with Crippen LogP contribution in [-0.4, -0.2) is 39.5 Å². The molecule has 1 atom stereocenters. The Hall–Kier alpha value is -4.08. The number of hydrogen-bond acceptors (Lipinski definition) is 4. The van der Waals surface area contributed by atoms with Crippen molar-refractivity contribution in [1.29, 1.82) is 0 Å². The number of H-pyrrole nitrogens is 1. The van der Waals surface area contributed by atoms with Gasteiger partial charge in [-0.15, -0.1) is 0 Å². The molecule has 5 rings (SSSR count). The number of nitrogens with zero attached hydrogens (tertiary/aromatic N) is 4. The molecule has 3 N–H and O–H groups in total. The molecule has 2 aromatic carbocycles. The predicted molar refractivity (Wildman–Crippen MR) is 123 cm³/mol. The largest absolute Gasteiger partial charge is 0.383 e. The Kier molecular flexibility index (Phi) is 4.96. The highest BCUT2D eigenvalue weighted by Gasteiger charge is 2.38. The Morgan fingerprint density at radius 3 is 2.56 bits per heavy atom. The maximum Gasteiger partial charge on any atom is 0.324 e. The molecule has 1 aliphatic heterocycles. The number of hydrogen-bond donors (Lipinski definition) is 2. The summed E-state index contributed by atoms with van der Waals surface area (Å²) < 4.78 is 43.4. The third kappa shape index (κ3) is 3.33. The molecular weight excluding hydrogens is 445 g/mol. The standard InChI is InChI=1S/C24H21F3N6O/c1-11-20(21-22(28)30-12(2)31-23(21)29-11)15-6-5-14(9-18(15)27)33-10-19(32(3)24(33)34)16-8-13(25)4-7-17(16)26/h4-9,19H,10H2,1-3H3,(H3,28,29,30,31). The van der Waals surface area contributed by atoms with Crippen LogP contribution in [0, 0.1) is 31.3 Å². The van der Waals surface area contributed by atoms with Crippen molar-refractivity contribution in [2.45, 2.75) is 19.9 Å². The molecule has 1 unspecified atom stereocenters. The van der Waals surface area contributed by atoms with Crippen molar-refractivity contribution in [2.75, 3.05) is 24.2 Å². The summed E-state index contributed by atoms with van der Waals surface area (Å²) in [7, 11) is 1.50. The third-order valence-electron chi connectivity index (χ3n) is 6.19. The normalized spacial score (nSPS) is 16.2. The van der Waals surface area contributed by atoms with E-state index >= 15 is 4.39 Å². The highest BCUT2D eigenvalue weighted by Crippen LogP contribution is 2.38. The van der Waals surface area contributed by atoms with Gasteiger partial charge in [-0.3, -0.25) is 4.90 Å². The summed E-state index contributed by atoms with van der Waals surface area (Å²) in [4.78, 5) is 27.2. The zero-order valence-corrected chi connectivity index (χ0v) is 18.7. The predicted octanol–water partition coefficient (Wildman–Crippen LogP) is 4.85. The number of carbonyl (C=O) groups is 1. The van der Waals surface area contributed by atoms with Gasteiger partial charge in [-0.1, -0.05) is 0 Å². The van der Waals surface area contributed by atoms with Crippen molar-refractivity contribution in [3.05, 3.63) is 70.9 Å². The number of amides is 2. The van der Waals surface area contributed by atoms with Gasteiger partial charge in [-0.2, -0.15) is 0 Å². The molecule has 1 aliphatic rings. The molecule has 0 aliphatic carbocycles. The molecule has 10 heteroatoms. The van der Waals surface area contributed by atoms with Crippen molar-refractivity contribution < 1.29 is 18.0 Å². The number of fused-ring (bicyclic) bond motifs is 1. The minimum Gasteiger partial charge on any atom is -0.383 e. The number of rotatable bonds is 3. The van der Waals surface area contributed by atoms with E-state index in [1.165, 1.54) is 22.9 Å². The van der Waals surface area contributed by atoms with E-state index in [-0.39, 0.29) is 23.5 Å². The van der Waals surface area contributed by atoms with E-state index in [9.17, 15) is 13.6 Å². The molecule has 34 heavy (non-hydrogen) atoms. The van der Waals surface area contributed by atoms with Crippen molar-refractivity contribution >= 4 is 28.6 Å². The van der Waals surface area contributed by atoms with Crippen molar-refractivity contribution in [3.8, 4) is 11.1 Å². The molecule has 1 fully saturated rings. The zero-order chi connectivity index (χ0) is 24.3. The Morgan fingerprint density at radius 2 is 1.82 bits per heavy atom. The van der Waals surface area contributed by atoms with Gasteiger partial charge in [0.2, 0.25) is 0 Å². The molecule has 4 aromatic rings. The number of urea groups is 1. The first-order valence-corrected chi connectivity index (χ1v) is 10.6. The number of nitrogens with one attached hydrogen (secondary N) is 1. The van der Waals surface area contributed by atoms with E-state index in [1.54, 1.807) is 26.0 Å². The van der Waals surface area contributed by atoms with Gasteiger partial charge in [0, 0.05) is 35.1 Å². The van der Waals surface area contributed by atoms with E-state index in [0.29, 0.717) is 33.8 Å². The summed E-state index contributed by atoms with van der Waals surface area (Å²) in [5.41, 5.74) is 8.48. The molecule has 0 saturated carbocycles. The lowest BCUT2D eigenvalue weighted by molar-refractivity contribution is 0.218. The first-order valence-electron chi connectivity index (χ1n) is 10.6. The fourth-order valence-corrected chi connectivity index (χ4v) is 4.56. The number of anilines is 2. The number of halogens is 3. The van der Waals surface area contributed by atoms with Crippen LogP contribution in [0.2, 0.25) is 0 Å². The fourth-order valence-electron chi connectivity index (χ4n) is 4.56. The summed E-state index contributed by atoms with van der Waals surface area (Å²) in [5.74, 6) is -1.05. The van der Waals surface area contributed by atoms with E-state index < -0.39 is 29.5 Å². The molecule has 7 nitrogen and oxygen atoms in total. The second kappa shape index (κ2) is 7.75. The fraction of sp³-hybridized carbons (Fsp3) is 0.208. The number of aromatic nitrogens is 3. The number of carbonyl (C=O) groups excluding carboxylic acids is 1. The van der Waals surface area contributed by atoms with Crippen LogP contribution in [0.5, 0.6) is 0 Å². The topological polar surface area (TPSA) is 91.1 Å². The van der Waals surface area contributed by atoms with Gasteiger partial charge < -0.3 is 15.6 Å². The Bertz CT molecular complexity index is 1470. The molecule has 3 heterocycles. The van der Waals surface area contributed by atoms with Crippen molar-refractivity contribution in [2.24, 2.45) is 0 Å². The van der Waals surface area contributed by atoms with Gasteiger partial charge in [0.15, 0.2) is 0 Å². The van der Waals surface area contributed by atoms with Crippen LogP contribution in [0.4, 0.5) is 29.5 Å². The Labute approximate surface area is 193 Å². The van der Waals surface area contributed by atoms with E-state index in [4.69, 9.17) is 5.73 Å². The highest BCUT2D eigenvalue weighted by atomic mass is 19.1. The van der Waals surface area contributed by atoms with Crippen LogP contribution in [-0.2, 0) is 0 Å². The lowest BCUT2D eigenvalue weighted by Crippen LogP contribution is -2.29. The lowest BCUT2D eigenvalue weighted by atomic mass is 10.0. The zero-order valence-electron chi connectivity index (χ0n) is 18.7. The molecule has 1 saturated heterocycles. The lowest BCUT2D eigenvalue weighted by Gasteiger charge is -2.18. The number of nitrogens with two attached hydrogens (primary N) is 1. The van der Waals surface area contributed by atoms with Crippen LogP contribution in [0.3, 0.4) is 0 Å². The van der Waals surface area contributed by atoms with Gasteiger partial charge >= 0.3 is 6.03 Å². The van der Waals surface area contributed by atoms with Crippen LogP contribution in [0.25, 0.3) is 22.2 Å². The van der Waals surface area contributed by atoms with Crippen LogP contribution in [0.15, 0.2) is 36.4 Å². The number of likely N-dealkylation sites (N-methyl/N-ethyl adjacent to an activating group) is 1. The minimum absolute atomic E-state index is 0.0423. The maximum atomic E-state index is 15.4. The molecule has 0 bridgehead atoms. The van der Waals surface area contributed by atoms with Crippen LogP contribution >= 0.6 is 0 Å². The number of nitrogen functional groups attached to an aromatic ring is 1. The van der Waals surface area contributed by atoms with E-state index in [0.717, 1.165) is 18.2 Å². The molecule has 2 aromatic heterocycles. The number of aromatic amines is 1. The van der Waals surface area contributed by atoms with Crippen LogP contribution < -0.4 is 10.6 Å². The monoisotopic (exact) mass is 466 g/mol. The summed E-state index contributed by atoms with van der Waals surface area (Å²) in [5, 5.41) is 0.522. The minimum atomic E-state index is -0.720. The number of aryl methyl sites for hydroxylation is 2. The quantitative estimate of drug-likeness (QED) is 0.451. The van der Waals surface area contributed by atoms with E-state index in [1.807, 2.05) is 0 Å². The SMILES string of the molecule is Cc1nc(N)c2c(-c3ccc(N4CC(c5cc(F)ccc5F)N(C)C4=O)cc3F)c(C)[nH]c2n1. The molecule has 174 valence electrons.